The molecule has 0 aliphatic rings. The number of hydrogen-bond donors (Lipinski definition) is 0. The lowest BCUT2D eigenvalue weighted by molar-refractivity contribution is 1.64. The molecule has 0 N–H and O–H groups in total. The number of rotatable bonds is 1. The molecule has 0 atom stereocenters. The molecule has 2 rings (SSSR count). The molecule has 0 radical (unpaired) electrons. The van der Waals surface area contributed by atoms with Crippen LogP contribution in [0.2, 0.25) is 5.02 Å². The van der Waals surface area contributed by atoms with E-state index in [1.54, 1.807) is 0 Å². The maximum Gasteiger partial charge on any atom is 0.0410 e. The quantitative estimate of drug-likeness (QED) is 0.643. The van der Waals surface area contributed by atoms with E-state index in [1.807, 2.05) is 30.3 Å². The van der Waals surface area contributed by atoms with E-state index in [1.165, 1.54) is 16.3 Å². The van der Waals surface area contributed by atoms with Gasteiger partial charge in [-0.05, 0) is 23.3 Å². The van der Waals surface area contributed by atoms with Crippen molar-refractivity contribution in [2.75, 3.05) is 0 Å². The van der Waals surface area contributed by atoms with E-state index in [0.29, 0.717) is 0 Å². The molecule has 0 amide bonds. The second-order valence-electron chi connectivity index (χ2n) is 3.38. The van der Waals surface area contributed by atoms with Crippen LogP contribution in [0, 0.1) is 0 Å². The highest BCUT2D eigenvalue weighted by Crippen LogP contribution is 2.20. The molecule has 0 aromatic heterocycles. The lowest BCUT2D eigenvalue weighted by Gasteiger charge is -2.03. The van der Waals surface area contributed by atoms with E-state index < -0.39 is 0 Å². The van der Waals surface area contributed by atoms with E-state index in [0.717, 1.165) is 15.3 Å². The number of benzene rings is 2. The molecule has 70 valence electrons. The number of hydrogen-bond acceptors (Lipinski definition) is 0. The zero-order valence-corrected chi connectivity index (χ0v) is 10.8. The SMILES string of the molecule is [SiH3]c1cc(Cl)cc(-c2ccccc2)c1. The molecule has 0 heterocycles. The van der Waals surface area contributed by atoms with Crippen molar-refractivity contribution in [1.29, 1.82) is 0 Å². The molecule has 0 bridgehead atoms. The summed E-state index contributed by atoms with van der Waals surface area (Å²) in [5, 5.41) is 2.16. The first-order chi connectivity index (χ1) is 6.75. The van der Waals surface area contributed by atoms with Crippen LogP contribution >= 0.6 is 11.6 Å². The maximum atomic E-state index is 6.02. The van der Waals surface area contributed by atoms with Crippen LogP contribution < -0.4 is 5.19 Å². The van der Waals surface area contributed by atoms with Crippen LogP contribution in [0.1, 0.15) is 0 Å². The fraction of sp³-hybridized carbons (Fsp3) is 0. The minimum Gasteiger partial charge on any atom is -0.0843 e. The summed E-state index contributed by atoms with van der Waals surface area (Å²) in [4.78, 5) is 0. The summed E-state index contributed by atoms with van der Waals surface area (Å²) in [6.45, 7) is 0. The molecular weight excluding hydrogens is 208 g/mol. The van der Waals surface area contributed by atoms with Gasteiger partial charge in [0.15, 0.2) is 0 Å². The fourth-order valence-electron chi connectivity index (χ4n) is 1.53. The van der Waals surface area contributed by atoms with Gasteiger partial charge in [-0.2, -0.15) is 0 Å². The summed E-state index contributed by atoms with van der Waals surface area (Å²) < 4.78 is 0. The normalized spacial score (nSPS) is 10.4. The van der Waals surface area contributed by atoms with Gasteiger partial charge in [-0.1, -0.05) is 53.2 Å². The van der Waals surface area contributed by atoms with Crippen molar-refractivity contribution < 1.29 is 0 Å². The minimum atomic E-state index is 0.830. The summed E-state index contributed by atoms with van der Waals surface area (Å²) >= 11 is 6.02. The van der Waals surface area contributed by atoms with Crippen LogP contribution in [0.4, 0.5) is 0 Å². The molecule has 0 saturated carbocycles. The topological polar surface area (TPSA) is 0 Å². The van der Waals surface area contributed by atoms with Crippen molar-refractivity contribution >= 4 is 27.0 Å². The summed E-state index contributed by atoms with van der Waals surface area (Å²) in [6, 6.07) is 16.6. The maximum absolute atomic E-state index is 6.02. The molecule has 0 aliphatic carbocycles. The summed E-state index contributed by atoms with van der Waals surface area (Å²) in [5.74, 6) is 0. The molecule has 2 heteroatoms. The lowest BCUT2D eigenvalue weighted by atomic mass is 10.1. The first-order valence-electron chi connectivity index (χ1n) is 4.58. The summed E-state index contributed by atoms with van der Waals surface area (Å²) in [5.41, 5.74) is 2.44. The molecular formula is C12H11ClSi. The molecule has 0 fully saturated rings. The first kappa shape index (κ1) is 9.50. The van der Waals surface area contributed by atoms with Crippen LogP contribution in [0.15, 0.2) is 48.5 Å². The standard InChI is InChI=1S/C12H11ClSi/c13-11-6-10(7-12(14)8-11)9-4-2-1-3-5-9/h1-8H,14H3. The third kappa shape index (κ3) is 2.06. The van der Waals surface area contributed by atoms with Crippen molar-refractivity contribution in [2.24, 2.45) is 0 Å². The van der Waals surface area contributed by atoms with E-state index in [9.17, 15) is 0 Å². The second-order valence-corrected chi connectivity index (χ2v) is 4.97. The zero-order valence-electron chi connectivity index (χ0n) is 8.00. The third-order valence-corrected chi connectivity index (χ3v) is 2.94. The highest BCUT2D eigenvalue weighted by Gasteiger charge is 1.98. The Morgan fingerprint density at radius 1 is 0.857 bits per heavy atom. The molecule has 0 unspecified atom stereocenters. The van der Waals surface area contributed by atoms with E-state index >= 15 is 0 Å². The predicted octanol–water partition coefficient (Wildman–Crippen LogP) is 2.00. The largest absolute Gasteiger partial charge is 0.0843 e. The fourth-order valence-corrected chi connectivity index (χ4v) is 2.63. The Bertz CT molecular complexity index is 417. The molecule has 0 spiro atoms. The lowest BCUT2D eigenvalue weighted by Crippen LogP contribution is -2.01. The van der Waals surface area contributed by atoms with Crippen molar-refractivity contribution in [3.05, 3.63) is 53.6 Å². The van der Waals surface area contributed by atoms with Crippen molar-refractivity contribution in [2.45, 2.75) is 0 Å². The van der Waals surface area contributed by atoms with Gasteiger partial charge in [0.2, 0.25) is 0 Å². The van der Waals surface area contributed by atoms with Crippen LogP contribution in [-0.2, 0) is 0 Å². The van der Waals surface area contributed by atoms with Gasteiger partial charge in [0.1, 0.15) is 0 Å². The van der Waals surface area contributed by atoms with E-state index in [-0.39, 0.29) is 0 Å². The Morgan fingerprint density at radius 3 is 2.21 bits per heavy atom. The summed E-state index contributed by atoms with van der Waals surface area (Å²) in [7, 11) is 1.04. The van der Waals surface area contributed by atoms with Gasteiger partial charge in [0.25, 0.3) is 0 Å². The van der Waals surface area contributed by atoms with Crippen molar-refractivity contribution in [3.8, 4) is 11.1 Å². The molecule has 2 aromatic carbocycles. The van der Waals surface area contributed by atoms with E-state index in [2.05, 4.69) is 18.2 Å². The molecule has 0 nitrogen and oxygen atoms in total. The van der Waals surface area contributed by atoms with Crippen molar-refractivity contribution in [3.63, 3.8) is 0 Å². The Hall–Kier alpha value is -1.05. The van der Waals surface area contributed by atoms with E-state index in [4.69, 9.17) is 11.6 Å². The van der Waals surface area contributed by atoms with Gasteiger partial charge in [0.05, 0.1) is 0 Å². The van der Waals surface area contributed by atoms with Crippen LogP contribution in [-0.4, -0.2) is 10.2 Å². The Kier molecular flexibility index (Phi) is 2.71. The Labute approximate surface area is 92.0 Å². The smallest absolute Gasteiger partial charge is 0.0410 e. The number of halogens is 1. The predicted molar refractivity (Wildman–Crippen MR) is 66.5 cm³/mol. The van der Waals surface area contributed by atoms with Crippen LogP contribution in [0.3, 0.4) is 0 Å². The van der Waals surface area contributed by atoms with Gasteiger partial charge < -0.3 is 0 Å². The average molecular weight is 219 g/mol. The second kappa shape index (κ2) is 3.99. The highest BCUT2D eigenvalue weighted by molar-refractivity contribution is 6.36. The third-order valence-electron chi connectivity index (χ3n) is 2.15. The Balaban J connectivity index is 2.52. The van der Waals surface area contributed by atoms with Gasteiger partial charge >= 0.3 is 0 Å². The first-order valence-corrected chi connectivity index (χ1v) is 5.96. The van der Waals surface area contributed by atoms with Gasteiger partial charge in [-0.15, -0.1) is 0 Å². The molecule has 14 heavy (non-hydrogen) atoms. The van der Waals surface area contributed by atoms with Gasteiger partial charge in [-0.25, -0.2) is 0 Å². The van der Waals surface area contributed by atoms with Gasteiger partial charge in [-0.3, -0.25) is 0 Å². The Morgan fingerprint density at radius 2 is 1.57 bits per heavy atom. The minimum absolute atomic E-state index is 0.830. The molecule has 0 aliphatic heterocycles. The zero-order chi connectivity index (χ0) is 9.97. The highest BCUT2D eigenvalue weighted by atomic mass is 35.5. The monoisotopic (exact) mass is 218 g/mol. The van der Waals surface area contributed by atoms with Crippen LogP contribution in [0.25, 0.3) is 11.1 Å². The average Bonchev–Trinajstić information content (AvgIpc) is 2.18. The summed E-state index contributed by atoms with van der Waals surface area (Å²) in [6.07, 6.45) is 0. The molecule has 2 aromatic rings. The molecule has 0 saturated heterocycles. The van der Waals surface area contributed by atoms with Crippen LogP contribution in [0.5, 0.6) is 0 Å². The van der Waals surface area contributed by atoms with Crippen molar-refractivity contribution in [1.82, 2.24) is 0 Å². The van der Waals surface area contributed by atoms with Gasteiger partial charge in [0, 0.05) is 15.3 Å².